The summed E-state index contributed by atoms with van der Waals surface area (Å²) in [4.78, 5) is 0. The van der Waals surface area contributed by atoms with Crippen LogP contribution in [0.3, 0.4) is 0 Å². The fraction of sp³-hybridized carbons (Fsp3) is 0.172. The molecule has 5 aromatic rings. The maximum absolute atomic E-state index is 6.61. The van der Waals surface area contributed by atoms with Gasteiger partial charge in [-0.1, -0.05) is 39.0 Å². The molecular formula is C29H22N2O+2. The maximum atomic E-state index is 6.61. The van der Waals surface area contributed by atoms with Gasteiger partial charge in [-0.05, 0) is 47.2 Å². The molecule has 0 N–H and O–H groups in total. The average Bonchev–Trinajstić information content (AvgIpc) is 3.28. The van der Waals surface area contributed by atoms with Crippen molar-refractivity contribution in [2.75, 3.05) is 0 Å². The summed E-state index contributed by atoms with van der Waals surface area (Å²) in [7, 11) is 0. The molecule has 3 aliphatic heterocycles. The second-order valence-electron chi connectivity index (χ2n) is 10.3. The molecule has 0 fully saturated rings. The number of ether oxygens (including phenoxy) is 1. The van der Waals surface area contributed by atoms with E-state index in [0.29, 0.717) is 0 Å². The van der Waals surface area contributed by atoms with E-state index >= 15 is 0 Å². The molecule has 3 aliphatic rings. The van der Waals surface area contributed by atoms with Crippen LogP contribution in [0.4, 0.5) is 0 Å². The van der Waals surface area contributed by atoms with Crippen LogP contribution in [0, 0.1) is 0 Å². The minimum Gasteiger partial charge on any atom is -0.456 e. The van der Waals surface area contributed by atoms with Crippen LogP contribution in [-0.4, -0.2) is 0 Å². The number of hydrogen-bond acceptors (Lipinski definition) is 1. The average molecular weight is 415 g/mol. The molecular weight excluding hydrogens is 392 g/mol. The van der Waals surface area contributed by atoms with Crippen LogP contribution < -0.4 is 13.9 Å². The largest absolute Gasteiger partial charge is 0.456 e. The van der Waals surface area contributed by atoms with Gasteiger partial charge in [0.15, 0.2) is 23.5 Å². The molecule has 3 nitrogen and oxygen atoms in total. The molecule has 3 aromatic carbocycles. The fourth-order valence-electron chi connectivity index (χ4n) is 6.47. The predicted molar refractivity (Wildman–Crippen MR) is 124 cm³/mol. The molecule has 0 saturated heterocycles. The Hall–Kier alpha value is -3.72. The maximum Gasteiger partial charge on any atom is 0.425 e. The van der Waals surface area contributed by atoms with Gasteiger partial charge in [0.2, 0.25) is 11.2 Å². The second-order valence-corrected chi connectivity index (χ2v) is 10.3. The van der Waals surface area contributed by atoms with Gasteiger partial charge in [0.25, 0.3) is 0 Å². The van der Waals surface area contributed by atoms with Crippen molar-refractivity contribution in [3.8, 4) is 22.8 Å². The van der Waals surface area contributed by atoms with Crippen LogP contribution in [0.25, 0.3) is 32.9 Å². The number of pyridine rings is 2. The molecule has 0 saturated carbocycles. The quantitative estimate of drug-likeness (QED) is 0.234. The number of benzene rings is 3. The summed E-state index contributed by atoms with van der Waals surface area (Å²) in [5.74, 6) is 1.91. The summed E-state index contributed by atoms with van der Waals surface area (Å²) in [6.45, 7) is 6.91. The van der Waals surface area contributed by atoms with Crippen molar-refractivity contribution in [3.63, 3.8) is 0 Å². The predicted octanol–water partition coefficient (Wildman–Crippen LogP) is 5.56. The highest BCUT2D eigenvalue weighted by molar-refractivity contribution is 6.08. The Balaban J connectivity index is 1.70. The van der Waals surface area contributed by atoms with Crippen LogP contribution in [0.5, 0.6) is 11.5 Å². The lowest BCUT2D eigenvalue weighted by molar-refractivity contribution is -0.950. The Morgan fingerprint density at radius 2 is 1.47 bits per heavy atom. The zero-order valence-corrected chi connectivity index (χ0v) is 18.3. The van der Waals surface area contributed by atoms with E-state index in [-0.39, 0.29) is 5.41 Å². The third-order valence-electron chi connectivity index (χ3n) is 7.60. The molecule has 0 radical (unpaired) electrons. The van der Waals surface area contributed by atoms with Crippen molar-refractivity contribution >= 4 is 21.7 Å². The van der Waals surface area contributed by atoms with Gasteiger partial charge >= 0.3 is 5.66 Å². The number of aromatic nitrogens is 2. The van der Waals surface area contributed by atoms with Crippen molar-refractivity contribution in [1.29, 1.82) is 0 Å². The Bertz CT molecular complexity index is 1690. The van der Waals surface area contributed by atoms with Crippen LogP contribution in [0.2, 0.25) is 0 Å². The van der Waals surface area contributed by atoms with Gasteiger partial charge in [-0.3, -0.25) is 0 Å². The summed E-state index contributed by atoms with van der Waals surface area (Å²) < 4.78 is 11.6. The molecule has 0 aliphatic carbocycles. The summed E-state index contributed by atoms with van der Waals surface area (Å²) in [5.41, 5.74) is 7.27. The van der Waals surface area contributed by atoms with Crippen molar-refractivity contribution in [1.82, 2.24) is 0 Å². The molecule has 152 valence electrons. The van der Waals surface area contributed by atoms with E-state index < -0.39 is 5.66 Å². The molecule has 8 rings (SSSR count). The standard InChI is InChI=1S/C29H22N2O/c1-28(2,3)20-9-6-16-31-27(20)19-8-4-10-21-24(19)29(31)25-22(32-21)14-13-17-11-12-18-7-5-15-30(29)26(18)23(17)25/h4-16H,1-3H3/q+2. The molecule has 3 heteroatoms. The first-order valence-electron chi connectivity index (χ1n) is 11.3. The SMILES string of the molecule is CC(C)(C)c1ccc[n+]2c1-c1cccc3c1C21c2c(ccc4ccc5ccc[n+]1c5c24)O3. The van der Waals surface area contributed by atoms with Crippen LogP contribution in [0.1, 0.15) is 37.5 Å². The Kier molecular flexibility index (Phi) is 2.65. The van der Waals surface area contributed by atoms with Crippen LogP contribution in [-0.2, 0) is 11.1 Å². The van der Waals surface area contributed by atoms with Crippen molar-refractivity contribution in [3.05, 3.63) is 95.8 Å². The normalized spacial score (nSPS) is 18.8. The Labute approximate surface area is 186 Å². The number of rotatable bonds is 0. The number of nitrogens with zero attached hydrogens (tertiary/aromatic N) is 2. The smallest absolute Gasteiger partial charge is 0.425 e. The number of hydrogen-bond donors (Lipinski definition) is 0. The lowest BCUT2D eigenvalue weighted by atomic mass is 9.83. The lowest BCUT2D eigenvalue weighted by Crippen LogP contribution is -2.72. The van der Waals surface area contributed by atoms with Gasteiger partial charge in [0.05, 0.1) is 10.9 Å². The van der Waals surface area contributed by atoms with E-state index in [2.05, 4.69) is 109 Å². The highest BCUT2D eigenvalue weighted by atomic mass is 16.5. The lowest BCUT2D eigenvalue weighted by Gasteiger charge is -2.26. The Morgan fingerprint density at radius 1 is 0.719 bits per heavy atom. The highest BCUT2D eigenvalue weighted by Gasteiger charge is 2.70. The van der Waals surface area contributed by atoms with Crippen LogP contribution >= 0.6 is 0 Å². The van der Waals surface area contributed by atoms with E-state index in [0.717, 1.165) is 11.5 Å². The molecule has 1 spiro atoms. The third-order valence-corrected chi connectivity index (χ3v) is 7.60. The summed E-state index contributed by atoms with van der Waals surface area (Å²) in [6, 6.07) is 24.3. The molecule has 5 heterocycles. The zero-order valence-electron chi connectivity index (χ0n) is 18.3. The van der Waals surface area contributed by atoms with Gasteiger partial charge < -0.3 is 4.74 Å². The fourth-order valence-corrected chi connectivity index (χ4v) is 6.47. The minimum absolute atomic E-state index is 0.0169. The second kappa shape index (κ2) is 5.02. The minimum atomic E-state index is -0.473. The monoisotopic (exact) mass is 414 g/mol. The summed E-state index contributed by atoms with van der Waals surface area (Å²) >= 11 is 0. The van der Waals surface area contributed by atoms with E-state index in [1.807, 2.05) is 0 Å². The molecule has 1 unspecified atom stereocenters. The molecule has 32 heavy (non-hydrogen) atoms. The number of fused-ring (bicyclic) bond motifs is 2. The zero-order chi connectivity index (χ0) is 21.4. The molecule has 0 amide bonds. The first-order chi connectivity index (χ1) is 15.5. The van der Waals surface area contributed by atoms with Crippen LogP contribution in [0.15, 0.2) is 79.1 Å². The van der Waals surface area contributed by atoms with Crippen molar-refractivity contribution in [2.24, 2.45) is 0 Å². The van der Waals surface area contributed by atoms with Gasteiger partial charge in [-0.15, -0.1) is 9.13 Å². The highest BCUT2D eigenvalue weighted by Crippen LogP contribution is 2.57. The van der Waals surface area contributed by atoms with Gasteiger partial charge in [0, 0.05) is 23.1 Å². The van der Waals surface area contributed by atoms with Gasteiger partial charge in [0.1, 0.15) is 11.5 Å². The topological polar surface area (TPSA) is 17.0 Å². The van der Waals surface area contributed by atoms with Gasteiger partial charge in [-0.25, -0.2) is 0 Å². The van der Waals surface area contributed by atoms with Gasteiger partial charge in [-0.2, -0.15) is 0 Å². The van der Waals surface area contributed by atoms with E-state index in [4.69, 9.17) is 4.74 Å². The molecule has 1 atom stereocenters. The summed E-state index contributed by atoms with van der Waals surface area (Å²) in [5, 5.41) is 3.83. The van der Waals surface area contributed by atoms with Crippen molar-refractivity contribution < 1.29 is 13.9 Å². The van der Waals surface area contributed by atoms with E-state index in [9.17, 15) is 0 Å². The van der Waals surface area contributed by atoms with E-state index in [1.165, 1.54) is 49.6 Å². The van der Waals surface area contributed by atoms with E-state index in [1.54, 1.807) is 0 Å². The first kappa shape index (κ1) is 16.9. The third kappa shape index (κ3) is 1.61. The molecule has 2 aromatic heterocycles. The van der Waals surface area contributed by atoms with Crippen molar-refractivity contribution in [2.45, 2.75) is 31.8 Å². The Morgan fingerprint density at radius 3 is 2.34 bits per heavy atom. The molecule has 0 bridgehead atoms. The summed E-state index contributed by atoms with van der Waals surface area (Å²) in [6.07, 6.45) is 4.52. The first-order valence-corrected chi connectivity index (χ1v) is 11.3.